The molecule has 0 saturated heterocycles. The molecule has 4 heteroatoms. The molecule has 0 aliphatic rings. The Bertz CT molecular complexity index is 561. The molecule has 2 rings (SSSR count). The number of hydrogen-bond donors (Lipinski definition) is 0. The van der Waals surface area contributed by atoms with Crippen LogP contribution in [-0.4, -0.2) is 16.1 Å². The van der Waals surface area contributed by atoms with Gasteiger partial charge in [-0.05, 0) is 18.1 Å². The number of aldehydes is 1. The molecule has 18 heavy (non-hydrogen) atoms. The van der Waals surface area contributed by atoms with E-state index in [2.05, 4.69) is 18.9 Å². The van der Waals surface area contributed by atoms with Crippen LogP contribution < -0.4 is 0 Å². The number of halogens is 1. The minimum absolute atomic E-state index is 0.363. The second kappa shape index (κ2) is 5.12. The van der Waals surface area contributed by atoms with Crippen LogP contribution in [0.1, 0.15) is 24.2 Å². The summed E-state index contributed by atoms with van der Waals surface area (Å²) >= 11 is 0. The molecular formula is C14H15FN2O. The maximum atomic E-state index is 13.7. The van der Waals surface area contributed by atoms with Gasteiger partial charge in [-0.15, -0.1) is 0 Å². The highest BCUT2D eigenvalue weighted by Gasteiger charge is 2.14. The molecule has 0 fully saturated rings. The molecule has 1 heterocycles. The number of hydrogen-bond acceptors (Lipinski definition) is 2. The lowest BCUT2D eigenvalue weighted by atomic mass is 10.1. The van der Waals surface area contributed by atoms with Gasteiger partial charge in [-0.25, -0.2) is 4.39 Å². The van der Waals surface area contributed by atoms with Crippen molar-refractivity contribution in [2.45, 2.75) is 20.4 Å². The Morgan fingerprint density at radius 1 is 1.39 bits per heavy atom. The van der Waals surface area contributed by atoms with Crippen LogP contribution in [0.5, 0.6) is 0 Å². The van der Waals surface area contributed by atoms with Crippen molar-refractivity contribution in [2.24, 2.45) is 5.92 Å². The molecule has 0 spiro atoms. The highest BCUT2D eigenvalue weighted by atomic mass is 19.1. The zero-order valence-corrected chi connectivity index (χ0v) is 10.4. The van der Waals surface area contributed by atoms with E-state index >= 15 is 0 Å². The first-order chi connectivity index (χ1) is 8.61. The summed E-state index contributed by atoms with van der Waals surface area (Å²) in [5.41, 5.74) is 1.19. The first-order valence-electron chi connectivity index (χ1n) is 5.89. The van der Waals surface area contributed by atoms with E-state index < -0.39 is 0 Å². The molecular weight excluding hydrogens is 231 g/mol. The summed E-state index contributed by atoms with van der Waals surface area (Å²) in [6, 6.07) is 6.34. The van der Waals surface area contributed by atoms with E-state index in [0.29, 0.717) is 35.6 Å². The number of carbonyl (C=O) groups is 1. The number of benzene rings is 1. The number of nitrogens with zero attached hydrogens (tertiary/aromatic N) is 2. The Morgan fingerprint density at radius 3 is 2.72 bits per heavy atom. The van der Waals surface area contributed by atoms with E-state index in [-0.39, 0.29) is 5.82 Å². The van der Waals surface area contributed by atoms with Gasteiger partial charge in [0.1, 0.15) is 11.5 Å². The molecule has 0 radical (unpaired) electrons. The van der Waals surface area contributed by atoms with Crippen molar-refractivity contribution in [1.29, 1.82) is 0 Å². The molecule has 2 aromatic rings. The van der Waals surface area contributed by atoms with Crippen LogP contribution in [0.15, 0.2) is 30.5 Å². The van der Waals surface area contributed by atoms with Crippen molar-refractivity contribution in [3.63, 3.8) is 0 Å². The fourth-order valence-corrected chi connectivity index (χ4v) is 1.85. The smallest absolute Gasteiger partial charge is 0.153 e. The van der Waals surface area contributed by atoms with Gasteiger partial charge in [0, 0.05) is 18.3 Å². The second-order valence-corrected chi connectivity index (χ2v) is 4.65. The van der Waals surface area contributed by atoms with E-state index in [9.17, 15) is 9.18 Å². The zero-order chi connectivity index (χ0) is 13.1. The van der Waals surface area contributed by atoms with E-state index in [1.165, 1.54) is 6.07 Å². The standard InChI is InChI=1S/C14H15FN2O/c1-10(2)7-17-8-11(9-18)14(16-17)12-5-3-4-6-13(12)15/h3-6,8-10H,7H2,1-2H3. The second-order valence-electron chi connectivity index (χ2n) is 4.65. The number of rotatable bonds is 4. The lowest BCUT2D eigenvalue weighted by Crippen LogP contribution is -2.04. The van der Waals surface area contributed by atoms with Crippen LogP contribution >= 0.6 is 0 Å². The van der Waals surface area contributed by atoms with Gasteiger partial charge in [-0.1, -0.05) is 26.0 Å². The van der Waals surface area contributed by atoms with Gasteiger partial charge in [0.15, 0.2) is 6.29 Å². The summed E-state index contributed by atoms with van der Waals surface area (Å²) in [4.78, 5) is 11.0. The monoisotopic (exact) mass is 246 g/mol. The van der Waals surface area contributed by atoms with Crippen LogP contribution in [0.3, 0.4) is 0 Å². The molecule has 94 valence electrons. The van der Waals surface area contributed by atoms with Crippen molar-refractivity contribution < 1.29 is 9.18 Å². The Labute approximate surface area is 105 Å². The predicted molar refractivity (Wildman–Crippen MR) is 67.8 cm³/mol. The number of carbonyl (C=O) groups excluding carboxylic acids is 1. The van der Waals surface area contributed by atoms with Crippen LogP contribution in [0.2, 0.25) is 0 Å². The molecule has 1 aromatic carbocycles. The maximum Gasteiger partial charge on any atom is 0.153 e. The van der Waals surface area contributed by atoms with Crippen molar-refractivity contribution in [1.82, 2.24) is 9.78 Å². The van der Waals surface area contributed by atoms with Crippen LogP contribution in [0, 0.1) is 11.7 Å². The van der Waals surface area contributed by atoms with Gasteiger partial charge in [-0.3, -0.25) is 9.48 Å². The Hall–Kier alpha value is -1.97. The van der Waals surface area contributed by atoms with Crippen LogP contribution in [-0.2, 0) is 6.54 Å². The molecule has 3 nitrogen and oxygen atoms in total. The molecule has 0 aliphatic carbocycles. The van der Waals surface area contributed by atoms with E-state index in [0.717, 1.165) is 0 Å². The molecule has 0 amide bonds. The van der Waals surface area contributed by atoms with Gasteiger partial charge in [-0.2, -0.15) is 5.10 Å². The highest BCUT2D eigenvalue weighted by Crippen LogP contribution is 2.24. The third-order valence-corrected chi connectivity index (χ3v) is 2.60. The predicted octanol–water partition coefficient (Wildman–Crippen LogP) is 3.16. The van der Waals surface area contributed by atoms with E-state index in [1.54, 1.807) is 29.1 Å². The van der Waals surface area contributed by atoms with Crippen LogP contribution in [0.4, 0.5) is 4.39 Å². The summed E-state index contributed by atoms with van der Waals surface area (Å²) in [6.07, 6.45) is 2.38. The molecule has 0 atom stereocenters. The first-order valence-corrected chi connectivity index (χ1v) is 5.89. The van der Waals surface area contributed by atoms with Gasteiger partial charge in [0.25, 0.3) is 0 Å². The third-order valence-electron chi connectivity index (χ3n) is 2.60. The normalized spacial score (nSPS) is 10.9. The minimum Gasteiger partial charge on any atom is -0.298 e. The SMILES string of the molecule is CC(C)Cn1cc(C=O)c(-c2ccccc2F)n1. The summed E-state index contributed by atoms with van der Waals surface area (Å²) < 4.78 is 15.4. The zero-order valence-electron chi connectivity index (χ0n) is 10.4. The fraction of sp³-hybridized carbons (Fsp3) is 0.286. The van der Waals surface area contributed by atoms with Crippen molar-refractivity contribution in [3.05, 3.63) is 41.8 Å². The Morgan fingerprint density at radius 2 is 2.11 bits per heavy atom. The Balaban J connectivity index is 2.47. The molecule has 0 unspecified atom stereocenters. The average molecular weight is 246 g/mol. The fourth-order valence-electron chi connectivity index (χ4n) is 1.85. The first kappa shape index (κ1) is 12.5. The molecule has 0 N–H and O–H groups in total. The van der Waals surface area contributed by atoms with Crippen molar-refractivity contribution >= 4 is 6.29 Å². The van der Waals surface area contributed by atoms with Gasteiger partial charge in [0.2, 0.25) is 0 Å². The lowest BCUT2D eigenvalue weighted by Gasteiger charge is -2.04. The Kier molecular flexibility index (Phi) is 3.55. The van der Waals surface area contributed by atoms with Gasteiger partial charge < -0.3 is 0 Å². The summed E-state index contributed by atoms with van der Waals surface area (Å²) in [7, 11) is 0. The summed E-state index contributed by atoms with van der Waals surface area (Å²) in [6.45, 7) is 4.82. The lowest BCUT2D eigenvalue weighted by molar-refractivity contribution is 0.112. The topological polar surface area (TPSA) is 34.9 Å². The highest BCUT2D eigenvalue weighted by molar-refractivity contribution is 5.85. The maximum absolute atomic E-state index is 13.7. The minimum atomic E-state index is -0.365. The van der Waals surface area contributed by atoms with Crippen LogP contribution in [0.25, 0.3) is 11.3 Å². The third kappa shape index (κ3) is 2.47. The summed E-state index contributed by atoms with van der Waals surface area (Å²) in [5.74, 6) is 0.0493. The molecule has 1 aromatic heterocycles. The average Bonchev–Trinajstić information content (AvgIpc) is 2.71. The molecule has 0 aliphatic heterocycles. The van der Waals surface area contributed by atoms with Gasteiger partial charge in [0.05, 0.1) is 5.56 Å². The summed E-state index contributed by atoms with van der Waals surface area (Å²) in [5, 5.41) is 4.30. The molecule has 0 bridgehead atoms. The van der Waals surface area contributed by atoms with E-state index in [1.807, 2.05) is 0 Å². The molecule has 0 saturated carbocycles. The largest absolute Gasteiger partial charge is 0.298 e. The number of aromatic nitrogens is 2. The van der Waals surface area contributed by atoms with Crippen molar-refractivity contribution in [3.8, 4) is 11.3 Å². The quantitative estimate of drug-likeness (QED) is 0.777. The van der Waals surface area contributed by atoms with Crippen molar-refractivity contribution in [2.75, 3.05) is 0 Å². The van der Waals surface area contributed by atoms with Gasteiger partial charge >= 0.3 is 0 Å². The van der Waals surface area contributed by atoms with E-state index in [4.69, 9.17) is 0 Å².